The first kappa shape index (κ1) is 22.4. The number of esters is 1. The molecular weight excluding hydrogens is 420 g/mol. The number of carbonyl (C=O) groups excluding carboxylic acids is 2. The highest BCUT2D eigenvalue weighted by Gasteiger charge is 2.18. The lowest BCUT2D eigenvalue weighted by atomic mass is 10.1. The predicted octanol–water partition coefficient (Wildman–Crippen LogP) is 3.93. The number of aryl methyl sites for hydroxylation is 1. The highest BCUT2D eigenvalue weighted by Crippen LogP contribution is 2.24. The lowest BCUT2D eigenvalue weighted by molar-refractivity contribution is -0.150. The van der Waals surface area contributed by atoms with Gasteiger partial charge in [-0.25, -0.2) is 4.79 Å². The summed E-state index contributed by atoms with van der Waals surface area (Å²) in [6.45, 7) is 5.26. The number of fused-ring (bicyclic) bond motifs is 1. The zero-order valence-electron chi connectivity index (χ0n) is 17.5. The van der Waals surface area contributed by atoms with Gasteiger partial charge in [-0.3, -0.25) is 9.59 Å². The Kier molecular flexibility index (Phi) is 6.97. The summed E-state index contributed by atoms with van der Waals surface area (Å²) in [4.78, 5) is 37.2. The lowest BCUT2D eigenvalue weighted by Gasteiger charge is -2.15. The first-order chi connectivity index (χ1) is 14.8. The van der Waals surface area contributed by atoms with E-state index in [1.54, 1.807) is 56.3 Å². The van der Waals surface area contributed by atoms with Crippen LogP contribution in [0.25, 0.3) is 10.8 Å². The van der Waals surface area contributed by atoms with Gasteiger partial charge in [-0.05, 0) is 56.7 Å². The van der Waals surface area contributed by atoms with Crippen LogP contribution in [0.15, 0.2) is 53.5 Å². The van der Waals surface area contributed by atoms with Gasteiger partial charge in [0.1, 0.15) is 12.3 Å². The fourth-order valence-electron chi connectivity index (χ4n) is 3.04. The molecule has 7 nitrogen and oxygen atoms in total. The van der Waals surface area contributed by atoms with E-state index in [-0.39, 0.29) is 24.6 Å². The maximum atomic E-state index is 12.9. The molecule has 8 heteroatoms. The number of pyridine rings is 1. The molecule has 1 heterocycles. The Morgan fingerprint density at radius 2 is 1.94 bits per heavy atom. The van der Waals surface area contributed by atoms with E-state index in [4.69, 9.17) is 21.1 Å². The van der Waals surface area contributed by atoms with Gasteiger partial charge in [0.05, 0.1) is 12.0 Å². The number of benzene rings is 2. The summed E-state index contributed by atoms with van der Waals surface area (Å²) in [7, 11) is 0. The van der Waals surface area contributed by atoms with Gasteiger partial charge < -0.3 is 19.4 Å². The number of hydrogen-bond donors (Lipinski definition) is 1. The molecule has 3 rings (SSSR count). The second-order valence-electron chi connectivity index (χ2n) is 6.99. The van der Waals surface area contributed by atoms with E-state index < -0.39 is 12.1 Å². The predicted molar refractivity (Wildman–Crippen MR) is 120 cm³/mol. The average Bonchev–Trinajstić information content (AvgIpc) is 2.73. The molecule has 0 aliphatic carbocycles. The summed E-state index contributed by atoms with van der Waals surface area (Å²) in [5, 5.41) is 4.21. The van der Waals surface area contributed by atoms with Crippen LogP contribution >= 0.6 is 11.6 Å². The van der Waals surface area contributed by atoms with Gasteiger partial charge in [-0.2, -0.15) is 0 Å². The van der Waals surface area contributed by atoms with Crippen LogP contribution in [-0.4, -0.2) is 29.2 Å². The number of halogens is 1. The highest BCUT2D eigenvalue weighted by molar-refractivity contribution is 6.31. The van der Waals surface area contributed by atoms with E-state index >= 15 is 0 Å². The molecule has 1 atom stereocenters. The van der Waals surface area contributed by atoms with Crippen LogP contribution in [0, 0.1) is 6.92 Å². The Balaban J connectivity index is 1.81. The zero-order valence-corrected chi connectivity index (χ0v) is 18.2. The van der Waals surface area contributed by atoms with Crippen LogP contribution in [0.2, 0.25) is 5.02 Å². The second-order valence-corrected chi connectivity index (χ2v) is 7.40. The van der Waals surface area contributed by atoms with Crippen molar-refractivity contribution in [2.75, 3.05) is 11.9 Å². The summed E-state index contributed by atoms with van der Waals surface area (Å²) in [6, 6.07) is 11.9. The van der Waals surface area contributed by atoms with Crippen molar-refractivity contribution in [1.82, 2.24) is 4.57 Å². The summed E-state index contributed by atoms with van der Waals surface area (Å²) < 4.78 is 12.0. The minimum absolute atomic E-state index is 0.162. The molecule has 0 aliphatic heterocycles. The van der Waals surface area contributed by atoms with Crippen LogP contribution in [0.4, 0.5) is 5.69 Å². The summed E-state index contributed by atoms with van der Waals surface area (Å²) in [6.07, 6.45) is 0.703. The van der Waals surface area contributed by atoms with Crippen molar-refractivity contribution in [3.63, 3.8) is 0 Å². The van der Waals surface area contributed by atoms with Crippen LogP contribution < -0.4 is 15.6 Å². The van der Waals surface area contributed by atoms with Gasteiger partial charge in [-0.15, -0.1) is 0 Å². The molecule has 0 aliphatic rings. The first-order valence-electron chi connectivity index (χ1n) is 9.81. The van der Waals surface area contributed by atoms with E-state index in [1.165, 1.54) is 10.8 Å². The van der Waals surface area contributed by atoms with Gasteiger partial charge in [0.2, 0.25) is 5.91 Å². The van der Waals surface area contributed by atoms with Gasteiger partial charge in [-0.1, -0.05) is 23.7 Å². The molecule has 0 spiro atoms. The van der Waals surface area contributed by atoms with Gasteiger partial charge >= 0.3 is 5.97 Å². The number of aromatic nitrogens is 1. The third-order valence-corrected chi connectivity index (χ3v) is 5.08. The number of ether oxygens (including phenoxy) is 2. The van der Waals surface area contributed by atoms with Crippen molar-refractivity contribution in [3.8, 4) is 5.75 Å². The molecule has 31 heavy (non-hydrogen) atoms. The number of nitrogens with zero attached hydrogens (tertiary/aromatic N) is 1. The normalized spacial score (nSPS) is 11.7. The molecular formula is C23H23ClN2O5. The minimum Gasteiger partial charge on any atom is -0.478 e. The zero-order chi connectivity index (χ0) is 22.5. The van der Waals surface area contributed by atoms with Crippen molar-refractivity contribution in [1.29, 1.82) is 0 Å². The smallest absolute Gasteiger partial charge is 0.347 e. The monoisotopic (exact) mass is 442 g/mol. The van der Waals surface area contributed by atoms with Crippen molar-refractivity contribution in [2.24, 2.45) is 0 Å². The second kappa shape index (κ2) is 9.66. The molecule has 0 radical (unpaired) electrons. The average molecular weight is 443 g/mol. The first-order valence-corrected chi connectivity index (χ1v) is 10.2. The highest BCUT2D eigenvalue weighted by atomic mass is 35.5. The molecule has 0 saturated carbocycles. The van der Waals surface area contributed by atoms with E-state index in [0.29, 0.717) is 27.2 Å². The summed E-state index contributed by atoms with van der Waals surface area (Å²) >= 11 is 6.09. The molecule has 162 valence electrons. The van der Waals surface area contributed by atoms with Crippen molar-refractivity contribution in [3.05, 3.63) is 69.6 Å². The maximum absolute atomic E-state index is 12.9. The van der Waals surface area contributed by atoms with Crippen LogP contribution in [0.1, 0.15) is 19.4 Å². The van der Waals surface area contributed by atoms with Gasteiger partial charge in [0.15, 0.2) is 6.10 Å². The fraction of sp³-hybridized carbons (Fsp3) is 0.261. The quantitative estimate of drug-likeness (QED) is 0.560. The standard InChI is InChI=1S/C23H23ClN2O5/c1-4-30-23(29)15(3)31-20-7-5-6-18-17(20)10-11-26(22(18)28)13-21(27)25-16-9-8-14(2)19(24)12-16/h5-12,15H,4,13H2,1-3H3,(H,25,27). The Morgan fingerprint density at radius 1 is 1.16 bits per heavy atom. The number of anilines is 1. The minimum atomic E-state index is -0.819. The molecule has 1 N–H and O–H groups in total. The van der Waals surface area contributed by atoms with Crippen LogP contribution in [0.3, 0.4) is 0 Å². The molecule has 1 aromatic heterocycles. The maximum Gasteiger partial charge on any atom is 0.347 e. The van der Waals surface area contributed by atoms with E-state index in [9.17, 15) is 14.4 Å². The van der Waals surface area contributed by atoms with E-state index in [1.807, 2.05) is 6.92 Å². The number of hydrogen-bond acceptors (Lipinski definition) is 5. The van der Waals surface area contributed by atoms with Crippen LogP contribution in [0.5, 0.6) is 5.75 Å². The third-order valence-electron chi connectivity index (χ3n) is 4.67. The topological polar surface area (TPSA) is 86.6 Å². The number of rotatable bonds is 7. The third kappa shape index (κ3) is 5.24. The molecule has 0 fully saturated rings. The number of amides is 1. The Morgan fingerprint density at radius 3 is 2.65 bits per heavy atom. The molecule has 0 saturated heterocycles. The lowest BCUT2D eigenvalue weighted by Crippen LogP contribution is -2.28. The summed E-state index contributed by atoms with van der Waals surface area (Å²) in [5.74, 6) is -0.452. The fourth-order valence-corrected chi connectivity index (χ4v) is 3.22. The molecule has 1 unspecified atom stereocenters. The van der Waals surface area contributed by atoms with Crippen LogP contribution in [-0.2, 0) is 20.9 Å². The molecule has 1 amide bonds. The molecule has 0 bridgehead atoms. The van der Waals surface area contributed by atoms with E-state index in [0.717, 1.165) is 5.56 Å². The molecule has 2 aromatic carbocycles. The Hall–Kier alpha value is -3.32. The largest absolute Gasteiger partial charge is 0.478 e. The van der Waals surface area contributed by atoms with Crippen molar-refractivity contribution < 1.29 is 19.1 Å². The number of carbonyl (C=O) groups is 2. The van der Waals surface area contributed by atoms with Gasteiger partial charge in [0, 0.05) is 22.3 Å². The van der Waals surface area contributed by atoms with E-state index in [2.05, 4.69) is 5.32 Å². The number of nitrogens with one attached hydrogen (secondary N) is 1. The summed E-state index contributed by atoms with van der Waals surface area (Å²) in [5.41, 5.74) is 1.11. The van der Waals surface area contributed by atoms with Crippen molar-refractivity contribution >= 4 is 39.9 Å². The molecule has 3 aromatic rings. The van der Waals surface area contributed by atoms with Gasteiger partial charge in [0.25, 0.3) is 5.56 Å². The SMILES string of the molecule is CCOC(=O)C(C)Oc1cccc2c(=O)n(CC(=O)Nc3ccc(C)c(Cl)c3)ccc12. The van der Waals surface area contributed by atoms with Crippen molar-refractivity contribution in [2.45, 2.75) is 33.4 Å². The Labute approximate surface area is 184 Å². The Bertz CT molecular complexity index is 1190.